The van der Waals surface area contributed by atoms with Gasteiger partial charge in [-0.15, -0.1) is 0 Å². The number of ether oxygens (including phenoxy) is 2. The summed E-state index contributed by atoms with van der Waals surface area (Å²) in [5.74, 6) is 0. The third kappa shape index (κ3) is 5.03. The summed E-state index contributed by atoms with van der Waals surface area (Å²) in [6.07, 6.45) is 5.64. The van der Waals surface area contributed by atoms with E-state index >= 15 is 0 Å². The van der Waals surface area contributed by atoms with Crippen molar-refractivity contribution >= 4 is 0 Å². The highest BCUT2D eigenvalue weighted by molar-refractivity contribution is 4.90. The first-order chi connectivity index (χ1) is 6.43. The van der Waals surface area contributed by atoms with Gasteiger partial charge in [0.2, 0.25) is 0 Å². The van der Waals surface area contributed by atoms with E-state index in [1.165, 1.54) is 13.0 Å². The van der Waals surface area contributed by atoms with E-state index in [0.717, 1.165) is 19.7 Å². The van der Waals surface area contributed by atoms with Crippen LogP contribution in [0.4, 0.5) is 0 Å². The van der Waals surface area contributed by atoms with E-state index in [1.54, 1.807) is 7.11 Å². The zero-order valence-corrected chi connectivity index (χ0v) is 8.37. The standard InChI is InChI=1S/C10H19NO2/c1-12-9-10-13-8-7-11-5-3-2-4-6-11/h2-3H,4-10H2,1H3. The van der Waals surface area contributed by atoms with E-state index in [9.17, 15) is 0 Å². The van der Waals surface area contributed by atoms with Crippen molar-refractivity contribution in [2.24, 2.45) is 0 Å². The van der Waals surface area contributed by atoms with Crippen LogP contribution in [-0.2, 0) is 9.47 Å². The molecule has 0 saturated heterocycles. The normalized spacial score (nSPS) is 17.9. The molecule has 0 aliphatic carbocycles. The summed E-state index contributed by atoms with van der Waals surface area (Å²) >= 11 is 0. The van der Waals surface area contributed by atoms with Crippen LogP contribution in [0.3, 0.4) is 0 Å². The van der Waals surface area contributed by atoms with Crippen molar-refractivity contribution in [2.75, 3.05) is 46.6 Å². The first-order valence-electron chi connectivity index (χ1n) is 4.87. The van der Waals surface area contributed by atoms with E-state index in [2.05, 4.69) is 17.1 Å². The number of hydrogen-bond donors (Lipinski definition) is 0. The lowest BCUT2D eigenvalue weighted by molar-refractivity contribution is 0.0585. The van der Waals surface area contributed by atoms with E-state index in [0.29, 0.717) is 13.2 Å². The van der Waals surface area contributed by atoms with Gasteiger partial charge in [0.15, 0.2) is 0 Å². The van der Waals surface area contributed by atoms with E-state index in [4.69, 9.17) is 9.47 Å². The maximum atomic E-state index is 5.39. The largest absolute Gasteiger partial charge is 0.382 e. The minimum Gasteiger partial charge on any atom is -0.382 e. The van der Waals surface area contributed by atoms with E-state index < -0.39 is 0 Å². The topological polar surface area (TPSA) is 21.7 Å². The van der Waals surface area contributed by atoms with Crippen LogP contribution in [0.1, 0.15) is 6.42 Å². The summed E-state index contributed by atoms with van der Waals surface area (Å²) in [6, 6.07) is 0. The Labute approximate surface area is 80.3 Å². The van der Waals surface area contributed by atoms with Crippen LogP contribution >= 0.6 is 0 Å². The monoisotopic (exact) mass is 185 g/mol. The molecule has 0 radical (unpaired) electrons. The maximum absolute atomic E-state index is 5.39. The smallest absolute Gasteiger partial charge is 0.0700 e. The zero-order valence-electron chi connectivity index (χ0n) is 8.37. The third-order valence-corrected chi connectivity index (χ3v) is 2.13. The molecule has 0 unspecified atom stereocenters. The van der Waals surface area contributed by atoms with Gasteiger partial charge in [0, 0.05) is 26.7 Å². The molecule has 0 amide bonds. The second-order valence-electron chi connectivity index (χ2n) is 3.17. The second-order valence-corrected chi connectivity index (χ2v) is 3.17. The molecule has 76 valence electrons. The molecule has 0 atom stereocenters. The van der Waals surface area contributed by atoms with Gasteiger partial charge < -0.3 is 9.47 Å². The van der Waals surface area contributed by atoms with Gasteiger partial charge in [0.05, 0.1) is 19.8 Å². The van der Waals surface area contributed by atoms with Crippen LogP contribution in [-0.4, -0.2) is 51.5 Å². The Morgan fingerprint density at radius 1 is 1.23 bits per heavy atom. The minimum atomic E-state index is 0.694. The number of methoxy groups -OCH3 is 1. The Hall–Kier alpha value is -0.380. The molecule has 0 saturated carbocycles. The molecule has 0 aromatic carbocycles. The lowest BCUT2D eigenvalue weighted by Crippen LogP contribution is -2.30. The number of hydrogen-bond acceptors (Lipinski definition) is 3. The average molecular weight is 185 g/mol. The fourth-order valence-electron chi connectivity index (χ4n) is 1.33. The molecular formula is C10H19NO2. The predicted octanol–water partition coefficient (Wildman–Crippen LogP) is 0.911. The molecule has 1 rings (SSSR count). The summed E-state index contributed by atoms with van der Waals surface area (Å²) in [5.41, 5.74) is 0. The lowest BCUT2D eigenvalue weighted by Gasteiger charge is -2.22. The van der Waals surface area contributed by atoms with Crippen LogP contribution < -0.4 is 0 Å². The van der Waals surface area contributed by atoms with Gasteiger partial charge in [-0.1, -0.05) is 12.2 Å². The molecule has 0 N–H and O–H groups in total. The van der Waals surface area contributed by atoms with Crippen molar-refractivity contribution in [3.63, 3.8) is 0 Å². The van der Waals surface area contributed by atoms with Crippen molar-refractivity contribution in [3.05, 3.63) is 12.2 Å². The van der Waals surface area contributed by atoms with Gasteiger partial charge in [-0.05, 0) is 6.42 Å². The maximum Gasteiger partial charge on any atom is 0.0700 e. The molecule has 0 bridgehead atoms. The van der Waals surface area contributed by atoms with Crippen LogP contribution in [0.5, 0.6) is 0 Å². The lowest BCUT2D eigenvalue weighted by atomic mass is 10.2. The van der Waals surface area contributed by atoms with Gasteiger partial charge >= 0.3 is 0 Å². The highest BCUT2D eigenvalue weighted by Crippen LogP contribution is 1.99. The Morgan fingerprint density at radius 3 is 2.85 bits per heavy atom. The molecule has 0 spiro atoms. The molecule has 3 nitrogen and oxygen atoms in total. The number of nitrogens with zero attached hydrogens (tertiary/aromatic N) is 1. The van der Waals surface area contributed by atoms with Crippen molar-refractivity contribution < 1.29 is 9.47 Å². The van der Waals surface area contributed by atoms with Gasteiger partial charge in [0.1, 0.15) is 0 Å². The third-order valence-electron chi connectivity index (χ3n) is 2.13. The molecule has 3 heteroatoms. The fraction of sp³-hybridized carbons (Fsp3) is 0.800. The summed E-state index contributed by atoms with van der Waals surface area (Å²) < 4.78 is 10.3. The first-order valence-corrected chi connectivity index (χ1v) is 4.87. The van der Waals surface area contributed by atoms with Crippen molar-refractivity contribution in [2.45, 2.75) is 6.42 Å². The van der Waals surface area contributed by atoms with Gasteiger partial charge in [0.25, 0.3) is 0 Å². The van der Waals surface area contributed by atoms with Crippen molar-refractivity contribution in [3.8, 4) is 0 Å². The molecular weight excluding hydrogens is 166 g/mol. The number of rotatable bonds is 6. The molecule has 0 aromatic heterocycles. The van der Waals surface area contributed by atoms with E-state index in [-0.39, 0.29) is 0 Å². The van der Waals surface area contributed by atoms with Crippen molar-refractivity contribution in [1.82, 2.24) is 4.90 Å². The fourth-order valence-corrected chi connectivity index (χ4v) is 1.33. The molecule has 13 heavy (non-hydrogen) atoms. The van der Waals surface area contributed by atoms with Gasteiger partial charge in [-0.2, -0.15) is 0 Å². The summed E-state index contributed by atoms with van der Waals surface area (Å²) in [6.45, 7) is 5.50. The Balaban J connectivity index is 1.90. The Morgan fingerprint density at radius 2 is 2.15 bits per heavy atom. The second kappa shape index (κ2) is 7.06. The SMILES string of the molecule is COCCOCCN1CC=CCC1. The van der Waals surface area contributed by atoms with Crippen molar-refractivity contribution in [1.29, 1.82) is 0 Å². The Bertz CT molecular complexity index is 148. The molecule has 0 aromatic rings. The van der Waals surface area contributed by atoms with Gasteiger partial charge in [-0.3, -0.25) is 4.90 Å². The van der Waals surface area contributed by atoms with Gasteiger partial charge in [-0.25, -0.2) is 0 Å². The minimum absolute atomic E-state index is 0.694. The van der Waals surface area contributed by atoms with Crippen LogP contribution in [0, 0.1) is 0 Å². The zero-order chi connectivity index (χ0) is 9.36. The van der Waals surface area contributed by atoms with Crippen LogP contribution in [0.2, 0.25) is 0 Å². The molecule has 1 aliphatic rings. The molecule has 1 aliphatic heterocycles. The molecule has 1 heterocycles. The average Bonchev–Trinajstić information content (AvgIpc) is 2.19. The molecule has 0 fully saturated rings. The van der Waals surface area contributed by atoms with Crippen LogP contribution in [0.25, 0.3) is 0 Å². The first kappa shape index (κ1) is 10.7. The highest BCUT2D eigenvalue weighted by atomic mass is 16.5. The predicted molar refractivity (Wildman–Crippen MR) is 52.9 cm³/mol. The summed E-state index contributed by atoms with van der Waals surface area (Å²) in [5, 5.41) is 0. The highest BCUT2D eigenvalue weighted by Gasteiger charge is 2.04. The summed E-state index contributed by atoms with van der Waals surface area (Å²) in [7, 11) is 1.69. The quantitative estimate of drug-likeness (QED) is 0.453. The summed E-state index contributed by atoms with van der Waals surface area (Å²) in [4.78, 5) is 2.40. The van der Waals surface area contributed by atoms with Crippen LogP contribution in [0.15, 0.2) is 12.2 Å². The Kier molecular flexibility index (Phi) is 5.81. The van der Waals surface area contributed by atoms with E-state index in [1.807, 2.05) is 0 Å².